The predicted octanol–water partition coefficient (Wildman–Crippen LogP) is 1.51. The molecule has 0 radical (unpaired) electrons. The fourth-order valence-electron chi connectivity index (χ4n) is 1.66. The van der Waals surface area contributed by atoms with Gasteiger partial charge in [0.2, 0.25) is 0 Å². The Labute approximate surface area is 117 Å². The number of nitrogens with one attached hydrogen (secondary N) is 1. The predicted molar refractivity (Wildman–Crippen MR) is 75.2 cm³/mol. The van der Waals surface area contributed by atoms with Crippen molar-refractivity contribution in [2.45, 2.75) is 13.0 Å². The molecule has 0 fully saturated rings. The van der Waals surface area contributed by atoms with E-state index >= 15 is 0 Å². The Kier molecular flexibility index (Phi) is 4.49. The zero-order valence-corrected chi connectivity index (χ0v) is 11.1. The number of nitrogens with two attached hydrogens (primary N) is 1. The minimum atomic E-state index is -0.497. The second-order valence-electron chi connectivity index (χ2n) is 4.28. The maximum Gasteiger partial charge on any atom is 0.255 e. The Morgan fingerprint density at radius 2 is 2.10 bits per heavy atom. The molecule has 1 aromatic carbocycles. The van der Waals surface area contributed by atoms with Gasteiger partial charge in [0.25, 0.3) is 5.91 Å². The molecule has 1 amide bonds. The van der Waals surface area contributed by atoms with Crippen LogP contribution in [-0.4, -0.2) is 22.5 Å². The fraction of sp³-hybridized carbons (Fsp3) is 0.214. The molecule has 20 heavy (non-hydrogen) atoms. The number of amides is 1. The molecule has 0 saturated heterocycles. The van der Waals surface area contributed by atoms with Gasteiger partial charge in [0.15, 0.2) is 6.61 Å². The summed E-state index contributed by atoms with van der Waals surface area (Å²) >= 11 is 0. The van der Waals surface area contributed by atoms with E-state index in [2.05, 4.69) is 15.3 Å². The number of anilines is 1. The van der Waals surface area contributed by atoms with Gasteiger partial charge < -0.3 is 15.8 Å². The minimum absolute atomic E-state index is 0.0427. The Hall–Kier alpha value is -2.63. The smallest absolute Gasteiger partial charge is 0.255 e. The average molecular weight is 272 g/mol. The van der Waals surface area contributed by atoms with Crippen LogP contribution in [0.5, 0.6) is 5.75 Å². The van der Waals surface area contributed by atoms with Gasteiger partial charge in [0.1, 0.15) is 5.75 Å². The quantitative estimate of drug-likeness (QED) is 0.832. The SMILES string of the molecule is CC(Nc1ccc(OCC(N)=O)cc1)c1cnccn1. The molecule has 6 nitrogen and oxygen atoms in total. The summed E-state index contributed by atoms with van der Waals surface area (Å²) in [5.74, 6) is 0.102. The first kappa shape index (κ1) is 13.8. The topological polar surface area (TPSA) is 90.1 Å². The number of hydrogen-bond donors (Lipinski definition) is 2. The molecule has 6 heteroatoms. The van der Waals surface area contributed by atoms with E-state index in [-0.39, 0.29) is 12.6 Å². The third-order valence-corrected chi connectivity index (χ3v) is 2.65. The summed E-state index contributed by atoms with van der Waals surface area (Å²) in [5, 5.41) is 3.30. The lowest BCUT2D eigenvalue weighted by atomic mass is 10.2. The Balaban J connectivity index is 1.95. The van der Waals surface area contributed by atoms with Crippen LogP contribution in [0.2, 0.25) is 0 Å². The zero-order chi connectivity index (χ0) is 14.4. The molecule has 0 bridgehead atoms. The highest BCUT2D eigenvalue weighted by Gasteiger charge is 2.06. The normalized spacial score (nSPS) is 11.7. The Morgan fingerprint density at radius 3 is 2.70 bits per heavy atom. The van der Waals surface area contributed by atoms with Crippen LogP contribution in [0.15, 0.2) is 42.9 Å². The number of rotatable bonds is 6. The van der Waals surface area contributed by atoms with Crippen LogP contribution < -0.4 is 15.8 Å². The molecular formula is C14H16N4O2. The van der Waals surface area contributed by atoms with Gasteiger partial charge in [0, 0.05) is 18.1 Å². The van der Waals surface area contributed by atoms with E-state index in [9.17, 15) is 4.79 Å². The highest BCUT2D eigenvalue weighted by Crippen LogP contribution is 2.20. The molecule has 0 spiro atoms. The van der Waals surface area contributed by atoms with E-state index in [0.29, 0.717) is 5.75 Å². The van der Waals surface area contributed by atoms with Gasteiger partial charge in [-0.15, -0.1) is 0 Å². The summed E-state index contributed by atoms with van der Waals surface area (Å²) in [4.78, 5) is 18.9. The highest BCUT2D eigenvalue weighted by molar-refractivity contribution is 5.75. The summed E-state index contributed by atoms with van der Waals surface area (Å²) in [5.41, 5.74) is 6.80. The van der Waals surface area contributed by atoms with Crippen LogP contribution in [0.3, 0.4) is 0 Å². The van der Waals surface area contributed by atoms with E-state index in [0.717, 1.165) is 11.4 Å². The lowest BCUT2D eigenvalue weighted by Crippen LogP contribution is -2.19. The molecule has 2 aromatic rings. The number of hydrogen-bond acceptors (Lipinski definition) is 5. The van der Waals surface area contributed by atoms with E-state index in [1.807, 2.05) is 19.1 Å². The molecule has 0 aliphatic carbocycles. The van der Waals surface area contributed by atoms with Crippen LogP contribution in [-0.2, 0) is 4.79 Å². The van der Waals surface area contributed by atoms with Crippen molar-refractivity contribution in [3.63, 3.8) is 0 Å². The van der Waals surface area contributed by atoms with E-state index in [1.54, 1.807) is 30.7 Å². The Bertz CT molecular complexity index is 557. The van der Waals surface area contributed by atoms with Gasteiger partial charge in [-0.05, 0) is 31.2 Å². The first-order chi connectivity index (χ1) is 9.65. The van der Waals surface area contributed by atoms with Crippen molar-refractivity contribution in [1.82, 2.24) is 9.97 Å². The van der Waals surface area contributed by atoms with Crippen molar-refractivity contribution in [3.05, 3.63) is 48.5 Å². The van der Waals surface area contributed by atoms with Crippen molar-refractivity contribution in [1.29, 1.82) is 0 Å². The van der Waals surface area contributed by atoms with Crippen molar-refractivity contribution < 1.29 is 9.53 Å². The lowest BCUT2D eigenvalue weighted by molar-refractivity contribution is -0.119. The van der Waals surface area contributed by atoms with Gasteiger partial charge >= 0.3 is 0 Å². The van der Waals surface area contributed by atoms with Gasteiger partial charge in [0.05, 0.1) is 17.9 Å². The average Bonchev–Trinajstić information content (AvgIpc) is 2.47. The van der Waals surface area contributed by atoms with Crippen LogP contribution in [0.25, 0.3) is 0 Å². The molecule has 1 aromatic heterocycles. The monoisotopic (exact) mass is 272 g/mol. The van der Waals surface area contributed by atoms with Gasteiger partial charge in [-0.2, -0.15) is 0 Å². The number of carbonyl (C=O) groups excluding carboxylic acids is 1. The number of carbonyl (C=O) groups is 1. The van der Waals surface area contributed by atoms with Gasteiger partial charge in [-0.1, -0.05) is 0 Å². The Morgan fingerprint density at radius 1 is 1.35 bits per heavy atom. The summed E-state index contributed by atoms with van der Waals surface area (Å²) in [6.07, 6.45) is 5.03. The van der Waals surface area contributed by atoms with Gasteiger partial charge in [-0.3, -0.25) is 14.8 Å². The summed E-state index contributed by atoms with van der Waals surface area (Å²) in [7, 11) is 0. The molecule has 0 saturated carbocycles. The largest absolute Gasteiger partial charge is 0.484 e. The van der Waals surface area contributed by atoms with Gasteiger partial charge in [-0.25, -0.2) is 0 Å². The zero-order valence-electron chi connectivity index (χ0n) is 11.1. The summed E-state index contributed by atoms with van der Waals surface area (Å²) < 4.78 is 5.19. The van der Waals surface area contributed by atoms with E-state index in [1.165, 1.54) is 0 Å². The molecule has 2 rings (SSSR count). The highest BCUT2D eigenvalue weighted by atomic mass is 16.5. The number of ether oxygens (including phenoxy) is 1. The third kappa shape index (κ3) is 3.94. The van der Waals surface area contributed by atoms with Crippen LogP contribution in [0, 0.1) is 0 Å². The van der Waals surface area contributed by atoms with E-state index in [4.69, 9.17) is 10.5 Å². The second-order valence-corrected chi connectivity index (χ2v) is 4.28. The molecule has 0 aliphatic rings. The molecular weight excluding hydrogens is 256 g/mol. The maximum atomic E-state index is 10.6. The number of nitrogens with zero attached hydrogens (tertiary/aromatic N) is 2. The number of benzene rings is 1. The first-order valence-electron chi connectivity index (χ1n) is 6.19. The van der Waals surface area contributed by atoms with Crippen molar-refractivity contribution in [2.75, 3.05) is 11.9 Å². The molecule has 104 valence electrons. The number of aromatic nitrogens is 2. The molecule has 1 heterocycles. The standard InChI is InChI=1S/C14H16N4O2/c1-10(13-8-16-6-7-17-13)18-11-2-4-12(5-3-11)20-9-14(15)19/h2-8,10,18H,9H2,1H3,(H2,15,19). The van der Waals surface area contributed by atoms with Crippen LogP contribution >= 0.6 is 0 Å². The first-order valence-corrected chi connectivity index (χ1v) is 6.19. The minimum Gasteiger partial charge on any atom is -0.484 e. The van der Waals surface area contributed by atoms with Crippen molar-refractivity contribution in [3.8, 4) is 5.75 Å². The summed E-state index contributed by atoms with van der Waals surface area (Å²) in [6, 6.07) is 7.32. The fourth-order valence-corrected chi connectivity index (χ4v) is 1.66. The van der Waals surface area contributed by atoms with Crippen molar-refractivity contribution >= 4 is 11.6 Å². The summed E-state index contributed by atoms with van der Waals surface area (Å²) in [6.45, 7) is 1.88. The molecule has 1 atom stereocenters. The second kappa shape index (κ2) is 6.51. The molecule has 1 unspecified atom stereocenters. The number of primary amides is 1. The third-order valence-electron chi connectivity index (χ3n) is 2.65. The van der Waals surface area contributed by atoms with Crippen LogP contribution in [0.1, 0.15) is 18.7 Å². The maximum absolute atomic E-state index is 10.6. The lowest BCUT2D eigenvalue weighted by Gasteiger charge is -2.14. The molecule has 0 aliphatic heterocycles. The van der Waals surface area contributed by atoms with E-state index < -0.39 is 5.91 Å². The van der Waals surface area contributed by atoms with Crippen molar-refractivity contribution in [2.24, 2.45) is 5.73 Å². The van der Waals surface area contributed by atoms with Crippen LogP contribution in [0.4, 0.5) is 5.69 Å². The molecule has 3 N–H and O–H groups in total.